The molecule has 0 unspecified atom stereocenters. The van der Waals surface area contributed by atoms with E-state index >= 15 is 0 Å². The minimum absolute atomic E-state index is 0.00504. The summed E-state index contributed by atoms with van der Waals surface area (Å²) in [5.41, 5.74) is 0.224. The summed E-state index contributed by atoms with van der Waals surface area (Å²) in [4.78, 5) is 89.0. The maximum Gasteiger partial charge on any atom is 0.338 e. The third-order valence-electron chi connectivity index (χ3n) is 7.19. The van der Waals surface area contributed by atoms with Gasteiger partial charge in [0, 0.05) is 36.6 Å². The van der Waals surface area contributed by atoms with Crippen molar-refractivity contribution >= 4 is 64.2 Å². The van der Waals surface area contributed by atoms with Gasteiger partial charge in [-0.25, -0.2) is 4.79 Å². The predicted octanol–water partition coefficient (Wildman–Crippen LogP) is 5.37. The van der Waals surface area contributed by atoms with Crippen LogP contribution in [0.3, 0.4) is 0 Å². The van der Waals surface area contributed by atoms with Crippen LogP contribution in [0.1, 0.15) is 93.4 Å². The zero-order chi connectivity index (χ0) is 42.4. The lowest BCUT2D eigenvalue weighted by molar-refractivity contribution is -0.116. The summed E-state index contributed by atoms with van der Waals surface area (Å²) in [6.45, 7) is 15.1. The fourth-order valence-corrected chi connectivity index (χ4v) is 4.89. The molecule has 306 valence electrons. The second kappa shape index (κ2) is 20.5. The number of hydrogen-bond acceptors (Lipinski definition) is 10. The Morgan fingerprint density at radius 1 is 0.561 bits per heavy atom. The first-order valence-corrected chi connectivity index (χ1v) is 18.3. The van der Waals surface area contributed by atoms with E-state index in [1.54, 1.807) is 45.0 Å². The minimum Gasteiger partial charge on any atom is -0.492 e. The standard InChI is InChI=1S/C41H52N6O10/c1-23(2)21-55-34-12-10-28(44-25(5)48)17-32(34)38(52)42-19-36(50)46-30-14-27(40(54)57-41(7,8)9)15-31(16-30)47-37(51)20-43-39(53)33-18-29(45-26(6)49)11-13-35(33)56-22-24(3)4/h10-18,23-24H,19-22H2,1-9H3,(H,42,52)(H,43,53)(H,44,48)(H,45,49)(H,46,50)(H,47,51). The van der Waals surface area contributed by atoms with Crippen LogP contribution < -0.4 is 41.4 Å². The average Bonchev–Trinajstić information content (AvgIpc) is 3.10. The molecule has 0 saturated heterocycles. The molecule has 0 aromatic heterocycles. The minimum atomic E-state index is -0.863. The summed E-state index contributed by atoms with van der Waals surface area (Å²) in [7, 11) is 0. The summed E-state index contributed by atoms with van der Waals surface area (Å²) < 4.78 is 17.1. The van der Waals surface area contributed by atoms with Crippen LogP contribution in [0.5, 0.6) is 11.5 Å². The third kappa shape index (κ3) is 15.7. The first-order chi connectivity index (χ1) is 26.7. The first kappa shape index (κ1) is 44.9. The molecule has 0 atom stereocenters. The van der Waals surface area contributed by atoms with E-state index in [9.17, 15) is 33.6 Å². The number of esters is 1. The van der Waals surface area contributed by atoms with Crippen molar-refractivity contribution in [3.63, 3.8) is 0 Å². The molecule has 6 amide bonds. The van der Waals surface area contributed by atoms with Gasteiger partial charge in [0.2, 0.25) is 23.6 Å². The molecule has 0 aliphatic carbocycles. The van der Waals surface area contributed by atoms with Crippen LogP contribution in [0, 0.1) is 11.8 Å². The summed E-state index contributed by atoms with van der Waals surface area (Å²) in [6.07, 6.45) is 0. The Bertz CT molecular complexity index is 1860. The Hall–Kier alpha value is -6.45. The molecule has 3 aromatic carbocycles. The molecule has 0 saturated carbocycles. The number of hydrogen-bond donors (Lipinski definition) is 6. The predicted molar refractivity (Wildman–Crippen MR) is 216 cm³/mol. The van der Waals surface area contributed by atoms with Crippen molar-refractivity contribution in [2.45, 2.75) is 67.9 Å². The van der Waals surface area contributed by atoms with Gasteiger partial charge in [-0.1, -0.05) is 27.7 Å². The summed E-state index contributed by atoms with van der Waals surface area (Å²) in [5, 5.41) is 15.5. The Kier molecular flexibility index (Phi) is 16.1. The van der Waals surface area contributed by atoms with Gasteiger partial charge in [-0.2, -0.15) is 0 Å². The monoisotopic (exact) mass is 788 g/mol. The largest absolute Gasteiger partial charge is 0.492 e. The van der Waals surface area contributed by atoms with Crippen LogP contribution in [-0.4, -0.2) is 73.3 Å². The van der Waals surface area contributed by atoms with E-state index in [1.165, 1.54) is 44.2 Å². The fourth-order valence-electron chi connectivity index (χ4n) is 4.89. The van der Waals surface area contributed by atoms with Gasteiger partial charge in [0.05, 0.1) is 43.0 Å². The summed E-state index contributed by atoms with van der Waals surface area (Å²) in [6, 6.07) is 13.3. The molecule has 57 heavy (non-hydrogen) atoms. The number of nitrogens with one attached hydrogen (secondary N) is 6. The topological polar surface area (TPSA) is 219 Å². The van der Waals surface area contributed by atoms with Crippen molar-refractivity contribution in [3.05, 3.63) is 71.3 Å². The highest BCUT2D eigenvalue weighted by atomic mass is 16.6. The number of carbonyl (C=O) groups is 7. The van der Waals surface area contributed by atoms with E-state index in [-0.39, 0.29) is 63.2 Å². The molecule has 0 aliphatic heterocycles. The van der Waals surface area contributed by atoms with E-state index in [0.29, 0.717) is 24.6 Å². The molecule has 0 radical (unpaired) electrons. The van der Waals surface area contributed by atoms with Gasteiger partial charge in [0.1, 0.15) is 17.1 Å². The van der Waals surface area contributed by atoms with Crippen molar-refractivity contribution in [2.75, 3.05) is 47.6 Å². The lowest BCUT2D eigenvalue weighted by atomic mass is 10.1. The van der Waals surface area contributed by atoms with E-state index in [1.807, 2.05) is 27.7 Å². The fraction of sp³-hybridized carbons (Fsp3) is 0.390. The van der Waals surface area contributed by atoms with Crippen molar-refractivity contribution in [1.29, 1.82) is 0 Å². The molecule has 16 heteroatoms. The second-order valence-corrected chi connectivity index (χ2v) is 15.0. The molecule has 0 spiro atoms. The zero-order valence-electron chi connectivity index (χ0n) is 33.8. The molecule has 0 heterocycles. The SMILES string of the molecule is CC(=O)Nc1ccc(OCC(C)C)c(C(=O)NCC(=O)Nc2cc(NC(=O)CNC(=O)c3cc(NC(C)=O)ccc3OCC(C)C)cc(C(=O)OC(C)(C)C)c2)c1. The maximum absolute atomic E-state index is 13.2. The van der Waals surface area contributed by atoms with Gasteiger partial charge >= 0.3 is 5.97 Å². The Labute approximate surface area is 332 Å². The van der Waals surface area contributed by atoms with Crippen molar-refractivity contribution in [2.24, 2.45) is 11.8 Å². The maximum atomic E-state index is 13.2. The summed E-state index contributed by atoms with van der Waals surface area (Å²) >= 11 is 0. The van der Waals surface area contributed by atoms with Crippen molar-refractivity contribution < 1.29 is 47.8 Å². The van der Waals surface area contributed by atoms with Gasteiger partial charge in [-0.3, -0.25) is 28.8 Å². The Morgan fingerprint density at radius 2 is 0.965 bits per heavy atom. The average molecular weight is 789 g/mol. The van der Waals surface area contributed by atoms with E-state index in [2.05, 4.69) is 31.9 Å². The van der Waals surface area contributed by atoms with Gasteiger partial charge < -0.3 is 46.1 Å². The van der Waals surface area contributed by atoms with Crippen LogP contribution >= 0.6 is 0 Å². The Morgan fingerprint density at radius 3 is 1.32 bits per heavy atom. The van der Waals surface area contributed by atoms with Gasteiger partial charge in [0.15, 0.2) is 0 Å². The van der Waals surface area contributed by atoms with Gasteiger partial charge in [-0.05, 0) is 87.2 Å². The van der Waals surface area contributed by atoms with Gasteiger partial charge in [0.25, 0.3) is 11.8 Å². The van der Waals surface area contributed by atoms with Crippen LogP contribution in [-0.2, 0) is 23.9 Å². The zero-order valence-corrected chi connectivity index (χ0v) is 33.8. The molecule has 0 aliphatic rings. The molecule has 3 rings (SSSR count). The second-order valence-electron chi connectivity index (χ2n) is 15.0. The number of carbonyl (C=O) groups excluding carboxylic acids is 7. The number of anilines is 4. The quantitative estimate of drug-likeness (QED) is 0.0962. The first-order valence-electron chi connectivity index (χ1n) is 18.3. The highest BCUT2D eigenvalue weighted by molar-refractivity contribution is 6.05. The summed E-state index contributed by atoms with van der Waals surface area (Å²) in [5.74, 6) is -3.20. The molecule has 0 fully saturated rings. The van der Waals surface area contributed by atoms with Crippen LogP contribution in [0.15, 0.2) is 54.6 Å². The highest BCUT2D eigenvalue weighted by Crippen LogP contribution is 2.26. The lowest BCUT2D eigenvalue weighted by Gasteiger charge is -2.20. The Balaban J connectivity index is 1.78. The number of benzene rings is 3. The molecule has 6 N–H and O–H groups in total. The van der Waals surface area contributed by atoms with Crippen LogP contribution in [0.2, 0.25) is 0 Å². The van der Waals surface area contributed by atoms with Crippen molar-refractivity contribution in [3.8, 4) is 11.5 Å². The third-order valence-corrected chi connectivity index (χ3v) is 7.19. The number of amides is 6. The molecular formula is C41H52N6O10. The molecule has 16 nitrogen and oxygen atoms in total. The van der Waals surface area contributed by atoms with Crippen molar-refractivity contribution in [1.82, 2.24) is 10.6 Å². The van der Waals surface area contributed by atoms with Gasteiger partial charge in [-0.15, -0.1) is 0 Å². The lowest BCUT2D eigenvalue weighted by Crippen LogP contribution is -2.34. The van der Waals surface area contributed by atoms with Crippen LogP contribution in [0.4, 0.5) is 22.7 Å². The molecule has 3 aromatic rings. The molecular weight excluding hydrogens is 736 g/mol. The normalized spacial score (nSPS) is 10.9. The smallest absolute Gasteiger partial charge is 0.338 e. The van der Waals surface area contributed by atoms with E-state index in [0.717, 1.165) is 0 Å². The number of ether oxygens (including phenoxy) is 3. The van der Waals surface area contributed by atoms with Crippen LogP contribution in [0.25, 0.3) is 0 Å². The number of rotatable bonds is 17. The highest BCUT2D eigenvalue weighted by Gasteiger charge is 2.22. The molecule has 0 bridgehead atoms. The van der Waals surface area contributed by atoms with E-state index < -0.39 is 48.3 Å². The van der Waals surface area contributed by atoms with E-state index in [4.69, 9.17) is 14.2 Å².